The Bertz CT molecular complexity index is 2060. The van der Waals surface area contributed by atoms with Crippen molar-refractivity contribution in [3.63, 3.8) is 0 Å². The molecule has 432 valence electrons. The van der Waals surface area contributed by atoms with Gasteiger partial charge in [-0.1, -0.05) is 41.5 Å². The molecular formula is C57H85NO19. The third kappa shape index (κ3) is 9.04. The Hall–Kier alpha value is -2.60. The van der Waals surface area contributed by atoms with Crippen LogP contribution in [-0.2, 0) is 91.1 Å². The zero-order chi connectivity index (χ0) is 54.2. The molecule has 3 aliphatic carbocycles. The van der Waals surface area contributed by atoms with E-state index in [9.17, 15) is 19.2 Å². The summed E-state index contributed by atoms with van der Waals surface area (Å²) in [5, 5.41) is 2.88. The molecule has 0 aromatic heterocycles. The summed E-state index contributed by atoms with van der Waals surface area (Å²) in [5.41, 5.74) is -4.16. The second-order valence-electron chi connectivity index (χ2n) is 26.9. The van der Waals surface area contributed by atoms with Crippen LogP contribution in [0.15, 0.2) is 0 Å². The lowest BCUT2D eigenvalue weighted by Crippen LogP contribution is -2.70. The molecule has 3 spiro atoms. The summed E-state index contributed by atoms with van der Waals surface area (Å²) in [6.07, 6.45) is 5.55. The van der Waals surface area contributed by atoms with Crippen LogP contribution in [0.25, 0.3) is 0 Å². The van der Waals surface area contributed by atoms with E-state index < -0.39 is 121 Å². The van der Waals surface area contributed by atoms with Gasteiger partial charge in [-0.25, -0.2) is 29.3 Å². The largest absolute Gasteiger partial charge is 0.463 e. The van der Waals surface area contributed by atoms with Crippen LogP contribution in [0.5, 0.6) is 0 Å². The van der Waals surface area contributed by atoms with Crippen LogP contribution in [0.2, 0.25) is 0 Å². The summed E-state index contributed by atoms with van der Waals surface area (Å²) in [6, 6.07) is 0. The van der Waals surface area contributed by atoms with Crippen LogP contribution in [0.1, 0.15) is 166 Å². The van der Waals surface area contributed by atoms with Crippen molar-refractivity contribution in [2.24, 2.45) is 71.0 Å². The first-order valence-corrected chi connectivity index (χ1v) is 29.4. The molecule has 12 saturated heterocycles. The van der Waals surface area contributed by atoms with E-state index in [1.54, 1.807) is 0 Å². The molecule has 0 radical (unpaired) electrons. The van der Waals surface area contributed by atoms with Gasteiger partial charge in [0.1, 0.15) is 25.4 Å². The lowest BCUT2D eigenvalue weighted by molar-refractivity contribution is -0.571. The maximum atomic E-state index is 14.3. The molecule has 6 bridgehead atoms. The molecule has 12 heterocycles. The predicted octanol–water partition coefficient (Wildman–Crippen LogP) is 7.41. The Morgan fingerprint density at radius 3 is 1.03 bits per heavy atom. The Morgan fingerprint density at radius 2 is 0.740 bits per heavy atom. The Labute approximate surface area is 452 Å². The predicted molar refractivity (Wildman–Crippen MR) is 264 cm³/mol. The fourth-order valence-corrected chi connectivity index (χ4v) is 17.6. The maximum Gasteiger partial charge on any atom is 0.308 e. The van der Waals surface area contributed by atoms with Crippen molar-refractivity contribution >= 4 is 23.8 Å². The van der Waals surface area contributed by atoms with Crippen LogP contribution in [0, 0.1) is 71.0 Å². The SMILES string of the molecule is CC(=O)NC(COC(=O)CC1O[C@@H]2O[C@@]3(C)CC[C@H]4[C@H](C)CC[C@@H]([C@H]1C)[C@@]24OO3)(COC(=O)CC1O[C@@H]2O[C@@]3(C)CC[C@H]4[C@H](C)CC[C@@H]([C@H]1C)[C@@]24OO3)COC(=O)CC1O[C@@H]2O[C@@]3(C)CC[C@H]4[C@H](C)CC[C@@H]([C@H]1C)[C@@]24OO3. The lowest BCUT2D eigenvalue weighted by Gasteiger charge is -2.60. The smallest absolute Gasteiger partial charge is 0.308 e. The molecule has 20 nitrogen and oxygen atoms in total. The molecule has 24 atom stereocenters. The van der Waals surface area contributed by atoms with Crippen molar-refractivity contribution in [2.75, 3.05) is 19.8 Å². The van der Waals surface area contributed by atoms with Crippen molar-refractivity contribution in [3.8, 4) is 0 Å². The highest BCUT2D eigenvalue weighted by atomic mass is 17.3. The van der Waals surface area contributed by atoms with Gasteiger partial charge in [0.05, 0.1) is 37.6 Å². The molecular weight excluding hydrogens is 1000 g/mol. The summed E-state index contributed by atoms with van der Waals surface area (Å²) < 4.78 is 58.1. The molecule has 0 aromatic rings. The van der Waals surface area contributed by atoms with Gasteiger partial charge in [-0.2, -0.15) is 0 Å². The topological polar surface area (TPSA) is 219 Å². The van der Waals surface area contributed by atoms with E-state index in [0.29, 0.717) is 37.0 Å². The van der Waals surface area contributed by atoms with Gasteiger partial charge in [0.25, 0.3) is 0 Å². The van der Waals surface area contributed by atoms with Gasteiger partial charge in [-0.15, -0.1) is 0 Å². The third-order valence-corrected chi connectivity index (χ3v) is 22.0. The van der Waals surface area contributed by atoms with Crippen LogP contribution >= 0.6 is 0 Å². The Morgan fingerprint density at radius 1 is 0.442 bits per heavy atom. The molecule has 15 rings (SSSR count). The monoisotopic (exact) mass is 1090 g/mol. The molecule has 12 aliphatic heterocycles. The average Bonchev–Trinajstić information content (AvgIpc) is 4.13. The number of amides is 1. The van der Waals surface area contributed by atoms with Gasteiger partial charge in [0.15, 0.2) is 35.7 Å². The molecule has 77 heavy (non-hydrogen) atoms. The van der Waals surface area contributed by atoms with Gasteiger partial charge in [-0.05, 0) is 132 Å². The minimum Gasteiger partial charge on any atom is -0.463 e. The van der Waals surface area contributed by atoms with E-state index in [1.807, 2.05) is 20.8 Å². The molecule has 3 saturated carbocycles. The highest BCUT2D eigenvalue weighted by Gasteiger charge is 2.72. The van der Waals surface area contributed by atoms with Crippen LogP contribution < -0.4 is 5.32 Å². The first kappa shape index (κ1) is 55.0. The number of hydrogen-bond donors (Lipinski definition) is 1. The maximum absolute atomic E-state index is 14.3. The lowest BCUT2D eigenvalue weighted by atomic mass is 9.57. The highest BCUT2D eigenvalue weighted by molar-refractivity contribution is 5.75. The standard InChI is InChI=1S/C57H85NO19/c1-29-11-14-39-32(4)42(66-48-55(39)36(29)17-20-51(8,69-48)72-75-55)23-45(60)63-26-54(58-35(7)59,27-64-46(61)24-43-33(5)40-15-12-30(2)37-18-21-52(9)70-49(67-43)56(37,40)76-73-52)28-65-47(62)25-44-34(6)41-16-13-31(3)38-19-22-53(10)71-50(68-44)57(38,41)77-74-53/h29-34,36-44,48-50H,11-28H2,1-10H3,(H,58,59)/t29-,30-,31-,32-,33-,34-,36+,37+,38+,39+,40+,41+,42?,43?,44?,48-,49-,50-,51-,52-,53-,54?,55-,56-,57-/m1/s1. The zero-order valence-corrected chi connectivity index (χ0v) is 46.9. The van der Waals surface area contributed by atoms with Crippen LogP contribution in [0.4, 0.5) is 0 Å². The molecule has 1 N–H and O–H groups in total. The normalized spacial score (nSPS) is 51.7. The average molecular weight is 1090 g/mol. The molecule has 3 unspecified atom stereocenters. The Kier molecular flexibility index (Phi) is 14.1. The van der Waals surface area contributed by atoms with Gasteiger partial charge in [-0.3, -0.25) is 19.2 Å². The molecule has 15 aliphatic rings. The second kappa shape index (κ2) is 19.8. The van der Waals surface area contributed by atoms with Crippen molar-refractivity contribution < 1.29 is 91.1 Å². The third-order valence-electron chi connectivity index (χ3n) is 22.0. The van der Waals surface area contributed by atoms with E-state index >= 15 is 0 Å². The molecule has 15 fully saturated rings. The number of ether oxygens (including phenoxy) is 9. The number of carbonyl (C=O) groups is 4. The van der Waals surface area contributed by atoms with Gasteiger partial charge in [0.2, 0.25) is 23.3 Å². The van der Waals surface area contributed by atoms with E-state index in [1.165, 1.54) is 6.92 Å². The quantitative estimate of drug-likeness (QED) is 0.108. The summed E-state index contributed by atoms with van der Waals surface area (Å²) in [6.45, 7) is 18.3. The summed E-state index contributed by atoms with van der Waals surface area (Å²) in [5.74, 6) is -4.32. The summed E-state index contributed by atoms with van der Waals surface area (Å²) >= 11 is 0. The number of esters is 3. The van der Waals surface area contributed by atoms with Crippen molar-refractivity contribution in [1.29, 1.82) is 0 Å². The highest BCUT2D eigenvalue weighted by Crippen LogP contribution is 2.64. The van der Waals surface area contributed by atoms with Crippen molar-refractivity contribution in [3.05, 3.63) is 0 Å². The van der Waals surface area contributed by atoms with E-state index in [2.05, 4.69) is 46.9 Å². The number of rotatable bonds is 13. The minimum absolute atomic E-state index is 0.0179. The number of fused-ring (bicyclic) bond motifs is 6. The van der Waals surface area contributed by atoms with Crippen molar-refractivity contribution in [2.45, 2.75) is 242 Å². The number of nitrogens with one attached hydrogen (secondary N) is 1. The fourth-order valence-electron chi connectivity index (χ4n) is 17.6. The second-order valence-corrected chi connectivity index (χ2v) is 26.9. The molecule has 1 amide bonds. The molecule has 0 aromatic carbocycles. The van der Waals surface area contributed by atoms with Gasteiger partial charge in [0, 0.05) is 43.9 Å². The van der Waals surface area contributed by atoms with Gasteiger partial charge >= 0.3 is 17.9 Å². The first-order valence-electron chi connectivity index (χ1n) is 29.4. The first-order chi connectivity index (χ1) is 36.5. The number of hydrogen-bond acceptors (Lipinski definition) is 19. The van der Waals surface area contributed by atoms with E-state index in [0.717, 1.165) is 57.8 Å². The fraction of sp³-hybridized carbons (Fsp3) is 0.930. The summed E-state index contributed by atoms with van der Waals surface area (Å²) in [7, 11) is 0. The Balaban J connectivity index is 0.760. The van der Waals surface area contributed by atoms with Gasteiger partial charge < -0.3 is 47.9 Å². The van der Waals surface area contributed by atoms with E-state index in [4.69, 9.17) is 72.0 Å². The van der Waals surface area contributed by atoms with Crippen molar-refractivity contribution in [1.82, 2.24) is 5.32 Å². The molecule has 20 heteroatoms. The number of carbonyl (C=O) groups excluding carboxylic acids is 4. The van der Waals surface area contributed by atoms with Crippen LogP contribution in [-0.4, -0.2) is 121 Å². The summed E-state index contributed by atoms with van der Waals surface area (Å²) in [4.78, 5) is 93.1. The zero-order valence-electron chi connectivity index (χ0n) is 46.9. The minimum atomic E-state index is -1.72. The van der Waals surface area contributed by atoms with Crippen LogP contribution in [0.3, 0.4) is 0 Å². The van der Waals surface area contributed by atoms with E-state index in [-0.39, 0.29) is 72.5 Å².